The Morgan fingerprint density at radius 2 is 1.97 bits per heavy atom. The third-order valence-corrected chi connectivity index (χ3v) is 13.4. The van der Waals surface area contributed by atoms with E-state index in [9.17, 15) is 9.59 Å². The Labute approximate surface area is 224 Å². The largest absolute Gasteiger partial charge is 0.462 e. The van der Waals surface area contributed by atoms with E-state index in [4.69, 9.17) is 18.0 Å². The summed E-state index contributed by atoms with van der Waals surface area (Å²) in [6, 6.07) is 0. The van der Waals surface area contributed by atoms with Gasteiger partial charge in [-0.15, -0.1) is 0 Å². The molecule has 36 heavy (non-hydrogen) atoms. The summed E-state index contributed by atoms with van der Waals surface area (Å²) in [4.78, 5) is 25.6. The van der Waals surface area contributed by atoms with Crippen LogP contribution in [0.1, 0.15) is 91.0 Å². The molecular weight excluding hydrogens is 468 g/mol. The maximum Gasteiger partial charge on any atom is 0.308 e. The summed E-state index contributed by atoms with van der Waals surface area (Å²) in [6.07, 6.45) is 9.38. The van der Waals surface area contributed by atoms with Gasteiger partial charge in [0, 0.05) is 16.5 Å². The molecule has 0 unspecified atom stereocenters. The first kappa shape index (κ1) is 24.9. The van der Waals surface area contributed by atoms with Gasteiger partial charge in [0.2, 0.25) is 0 Å². The Balaban J connectivity index is 1.74. The molecule has 3 rings (SSSR count). The van der Waals surface area contributed by atoms with Crippen molar-refractivity contribution in [2.75, 3.05) is 0 Å². The first-order valence-corrected chi connectivity index (χ1v) is 16.8. The minimum Gasteiger partial charge on any atom is -0.462 e. The average Bonchev–Trinajstić information content (AvgIpc) is 2.76. The summed E-state index contributed by atoms with van der Waals surface area (Å²) in [7, 11) is -2.01. The van der Waals surface area contributed by atoms with Gasteiger partial charge in [0.25, 0.3) is 0 Å². The number of carbonyl (C=O) groups is 2. The molecule has 0 aromatic rings. The van der Waals surface area contributed by atoms with Crippen LogP contribution in [0, 0.1) is 29.6 Å². The Kier molecular flexibility index (Phi) is 7.99. The fourth-order valence-corrected chi connectivity index (χ4v) is 7.07. The lowest BCUT2D eigenvalue weighted by Crippen LogP contribution is -2.47. The summed E-state index contributed by atoms with van der Waals surface area (Å²) in [5, 5.41) is 0.0668. The molecule has 1 heterocycles. The maximum atomic E-state index is 13.0. The van der Waals surface area contributed by atoms with Crippen LogP contribution in [0.4, 0.5) is 0 Å². The molecule has 2 aliphatic carbocycles. The predicted octanol–water partition coefficient (Wildman–Crippen LogP) is 7.23. The molecule has 0 radical (unpaired) electrons. The molecular formula is C30H50O5Si. The molecule has 1 saturated heterocycles. The lowest BCUT2D eigenvalue weighted by atomic mass is 9.65. The van der Waals surface area contributed by atoms with Crippen molar-refractivity contribution in [1.29, 1.82) is 0 Å². The van der Waals surface area contributed by atoms with Crippen LogP contribution in [0.3, 0.4) is 0 Å². The second kappa shape index (κ2) is 11.5. The summed E-state index contributed by atoms with van der Waals surface area (Å²) >= 11 is 0. The van der Waals surface area contributed by atoms with Gasteiger partial charge in [-0.2, -0.15) is 0 Å². The molecule has 1 fully saturated rings. The number of hydrogen-bond acceptors (Lipinski definition) is 5. The zero-order valence-electron chi connectivity index (χ0n) is 26.6. The van der Waals surface area contributed by atoms with Crippen LogP contribution < -0.4 is 0 Å². The van der Waals surface area contributed by atoms with Crippen LogP contribution in [-0.2, 0) is 23.5 Å². The van der Waals surface area contributed by atoms with Crippen molar-refractivity contribution >= 4 is 20.3 Å². The summed E-state index contributed by atoms with van der Waals surface area (Å²) in [5.74, 6) is -1.25. The highest BCUT2D eigenvalue weighted by atomic mass is 28.4. The van der Waals surface area contributed by atoms with Crippen molar-refractivity contribution in [2.24, 2.45) is 29.6 Å². The highest BCUT2D eigenvalue weighted by Crippen LogP contribution is 2.45. The van der Waals surface area contributed by atoms with Crippen LogP contribution in [-0.4, -0.2) is 38.6 Å². The van der Waals surface area contributed by atoms with Crippen LogP contribution >= 0.6 is 0 Å². The Morgan fingerprint density at radius 3 is 2.61 bits per heavy atom. The van der Waals surface area contributed by atoms with Crippen molar-refractivity contribution in [3.05, 3.63) is 23.8 Å². The SMILES string of the molecule is [2H]C([2H])([2H])[C@H](CC)C(=O)O[C@H]1C[C@@H](C)C=C2C=C[C@H](C)[C@H](CC[C@@H]3C[C@@H](O[Si](C)(C)C(C)(C)C)CC(=O)O3)[C@H]21. The molecule has 1 aliphatic heterocycles. The first-order valence-electron chi connectivity index (χ1n) is 15.4. The molecule has 0 saturated carbocycles. The van der Waals surface area contributed by atoms with Gasteiger partial charge in [-0.05, 0) is 67.1 Å². The lowest BCUT2D eigenvalue weighted by molar-refractivity contribution is -0.162. The summed E-state index contributed by atoms with van der Waals surface area (Å²) in [5.41, 5.74) is 1.16. The average molecular weight is 522 g/mol. The van der Waals surface area contributed by atoms with E-state index >= 15 is 0 Å². The van der Waals surface area contributed by atoms with Crippen LogP contribution in [0.25, 0.3) is 0 Å². The molecule has 204 valence electrons. The van der Waals surface area contributed by atoms with Crippen molar-refractivity contribution in [1.82, 2.24) is 0 Å². The van der Waals surface area contributed by atoms with Crippen molar-refractivity contribution in [2.45, 2.75) is 123 Å². The minimum absolute atomic E-state index is 0.00201. The van der Waals surface area contributed by atoms with E-state index in [-0.39, 0.29) is 59.4 Å². The van der Waals surface area contributed by atoms with Gasteiger partial charge >= 0.3 is 11.9 Å². The number of rotatable bonds is 8. The number of fused-ring (bicyclic) bond motifs is 1. The van der Waals surface area contributed by atoms with Crippen molar-refractivity contribution in [3.8, 4) is 0 Å². The molecule has 0 N–H and O–H groups in total. The molecule has 6 heteroatoms. The molecule has 0 bridgehead atoms. The monoisotopic (exact) mass is 521 g/mol. The number of cyclic esters (lactones) is 1. The zero-order valence-corrected chi connectivity index (χ0v) is 24.6. The molecule has 0 spiro atoms. The molecule has 0 aromatic carbocycles. The van der Waals surface area contributed by atoms with E-state index in [2.05, 4.69) is 65.9 Å². The molecule has 0 aromatic heterocycles. The van der Waals surface area contributed by atoms with Gasteiger partial charge in [0.1, 0.15) is 12.2 Å². The van der Waals surface area contributed by atoms with Gasteiger partial charge in [-0.3, -0.25) is 9.59 Å². The van der Waals surface area contributed by atoms with E-state index in [0.717, 1.165) is 18.4 Å². The first-order chi connectivity index (χ1) is 17.9. The quantitative estimate of drug-likeness (QED) is 0.249. The Hall–Kier alpha value is -1.40. The molecule has 3 aliphatic rings. The lowest BCUT2D eigenvalue weighted by Gasteiger charge is -2.44. The highest BCUT2D eigenvalue weighted by Gasteiger charge is 2.44. The number of allylic oxidation sites excluding steroid dienone is 3. The fourth-order valence-electron chi connectivity index (χ4n) is 5.70. The third kappa shape index (κ3) is 6.92. The number of esters is 2. The Morgan fingerprint density at radius 1 is 1.25 bits per heavy atom. The second-order valence-electron chi connectivity index (χ2n) is 12.9. The number of ether oxygens (including phenoxy) is 2. The third-order valence-electron chi connectivity index (χ3n) is 8.86. The number of carbonyl (C=O) groups excluding carboxylic acids is 2. The van der Waals surface area contributed by atoms with Gasteiger partial charge in [-0.25, -0.2) is 0 Å². The topological polar surface area (TPSA) is 61.8 Å². The van der Waals surface area contributed by atoms with E-state index < -0.39 is 27.1 Å². The predicted molar refractivity (Wildman–Crippen MR) is 147 cm³/mol. The minimum atomic E-state index is -2.38. The normalized spacial score (nSPS) is 35.4. The zero-order chi connectivity index (χ0) is 29.3. The van der Waals surface area contributed by atoms with Gasteiger partial charge < -0.3 is 13.9 Å². The van der Waals surface area contributed by atoms with E-state index in [1.165, 1.54) is 0 Å². The molecule has 5 nitrogen and oxygen atoms in total. The van der Waals surface area contributed by atoms with Crippen LogP contribution in [0.5, 0.6) is 0 Å². The Bertz CT molecular complexity index is 951. The van der Waals surface area contributed by atoms with Crippen molar-refractivity contribution in [3.63, 3.8) is 0 Å². The van der Waals surface area contributed by atoms with Crippen molar-refractivity contribution < 1.29 is 27.6 Å². The van der Waals surface area contributed by atoms with E-state index in [1.807, 2.05) is 0 Å². The standard InChI is InChI=1S/C30H50O5Si/c1-10-20(3)29(32)34-26-16-19(2)15-22-12-11-21(4)25(28(22)26)14-13-23-17-24(18-27(31)33-23)35-36(8,9)30(5,6)7/h11-12,15,19-21,23-26,28H,10,13-14,16-18H2,1-9H3/t19-,20+,21-,23+,24+,25-,26-,28-/m0/s1/i3D3. The summed E-state index contributed by atoms with van der Waals surface area (Å²) in [6.45, 7) is 14.7. The smallest absolute Gasteiger partial charge is 0.308 e. The summed E-state index contributed by atoms with van der Waals surface area (Å²) < 4.78 is 41.8. The van der Waals surface area contributed by atoms with Gasteiger partial charge in [-0.1, -0.05) is 66.6 Å². The fraction of sp³-hybridized carbons (Fsp3) is 0.800. The van der Waals surface area contributed by atoms with E-state index in [1.54, 1.807) is 6.92 Å². The second-order valence-corrected chi connectivity index (χ2v) is 17.6. The maximum absolute atomic E-state index is 13.0. The van der Waals surface area contributed by atoms with Gasteiger partial charge in [0.15, 0.2) is 8.32 Å². The van der Waals surface area contributed by atoms with E-state index in [0.29, 0.717) is 19.3 Å². The molecule has 0 amide bonds. The van der Waals surface area contributed by atoms with Gasteiger partial charge in [0.05, 0.1) is 18.4 Å². The van der Waals surface area contributed by atoms with Crippen LogP contribution in [0.2, 0.25) is 18.1 Å². The van der Waals surface area contributed by atoms with Crippen LogP contribution in [0.15, 0.2) is 23.8 Å². The molecule has 8 atom stereocenters. The number of hydrogen-bond donors (Lipinski definition) is 0. The highest BCUT2D eigenvalue weighted by molar-refractivity contribution is 6.74.